The Kier molecular flexibility index (Phi) is 5.50. The van der Waals surface area contributed by atoms with Gasteiger partial charge in [0.05, 0.1) is 23.4 Å². The highest BCUT2D eigenvalue weighted by molar-refractivity contribution is 7.99. The normalized spacial score (nSPS) is 10.8. The highest BCUT2D eigenvalue weighted by Crippen LogP contribution is 2.13. The van der Waals surface area contributed by atoms with Crippen molar-refractivity contribution in [3.63, 3.8) is 0 Å². The van der Waals surface area contributed by atoms with Crippen LogP contribution in [0.2, 0.25) is 0 Å². The first-order chi connectivity index (χ1) is 12.1. The van der Waals surface area contributed by atoms with Crippen LogP contribution in [0.15, 0.2) is 59.4 Å². The average Bonchev–Trinajstić information content (AvgIpc) is 2.64. The fraction of sp³-hybridized carbons (Fsp3) is 0.211. The van der Waals surface area contributed by atoms with Gasteiger partial charge in [0.2, 0.25) is 5.91 Å². The van der Waals surface area contributed by atoms with Crippen molar-refractivity contribution in [1.82, 2.24) is 15.1 Å². The smallest absolute Gasteiger partial charge is 0.274 e. The number of aromatic nitrogens is 2. The summed E-state index contributed by atoms with van der Waals surface area (Å²) in [5.41, 5.74) is 1.76. The van der Waals surface area contributed by atoms with Gasteiger partial charge in [-0.15, -0.1) is 11.8 Å². The maximum atomic E-state index is 12.1. The summed E-state index contributed by atoms with van der Waals surface area (Å²) < 4.78 is 1.31. The molecule has 0 saturated carbocycles. The summed E-state index contributed by atoms with van der Waals surface area (Å²) in [6.45, 7) is 0.305. The number of nitrogens with one attached hydrogen (secondary N) is 1. The van der Waals surface area contributed by atoms with Crippen LogP contribution in [0.3, 0.4) is 0 Å². The number of rotatable bonds is 6. The number of fused-ring (bicyclic) bond motifs is 1. The largest absolute Gasteiger partial charge is 0.350 e. The van der Waals surface area contributed by atoms with E-state index in [0.717, 1.165) is 11.1 Å². The minimum Gasteiger partial charge on any atom is -0.350 e. The molecule has 0 atom stereocenters. The predicted molar refractivity (Wildman–Crippen MR) is 101 cm³/mol. The van der Waals surface area contributed by atoms with Gasteiger partial charge in [0, 0.05) is 18.2 Å². The Bertz CT molecular complexity index is 938. The Labute approximate surface area is 150 Å². The van der Waals surface area contributed by atoms with Crippen molar-refractivity contribution in [2.45, 2.75) is 12.3 Å². The lowest BCUT2D eigenvalue weighted by molar-refractivity contribution is -0.118. The molecule has 5 nitrogen and oxygen atoms in total. The standard InChI is InChI=1S/C19H19N3O2S/c1-22-19(24)16-10-6-5-9-15(16)17(21-22)11-20-18(23)13-25-12-14-7-3-2-4-8-14/h2-10H,11-13H2,1H3,(H,20,23). The highest BCUT2D eigenvalue weighted by Gasteiger charge is 2.09. The van der Waals surface area contributed by atoms with Gasteiger partial charge >= 0.3 is 0 Å². The van der Waals surface area contributed by atoms with Crippen LogP contribution in [-0.2, 0) is 24.1 Å². The van der Waals surface area contributed by atoms with E-state index in [-0.39, 0.29) is 11.5 Å². The summed E-state index contributed by atoms with van der Waals surface area (Å²) in [5.74, 6) is 1.15. The monoisotopic (exact) mass is 353 g/mol. The molecule has 0 saturated heterocycles. The van der Waals surface area contributed by atoms with Crippen LogP contribution >= 0.6 is 11.8 Å². The van der Waals surface area contributed by atoms with E-state index in [0.29, 0.717) is 23.4 Å². The van der Waals surface area contributed by atoms with Gasteiger partial charge in [-0.2, -0.15) is 5.10 Å². The van der Waals surface area contributed by atoms with E-state index in [1.54, 1.807) is 24.9 Å². The van der Waals surface area contributed by atoms with Crippen molar-refractivity contribution in [3.8, 4) is 0 Å². The SMILES string of the molecule is Cn1nc(CNC(=O)CSCc2ccccc2)c2ccccc2c1=O. The lowest BCUT2D eigenvalue weighted by atomic mass is 10.1. The van der Waals surface area contributed by atoms with Crippen molar-refractivity contribution in [3.05, 3.63) is 76.2 Å². The molecule has 1 N–H and O–H groups in total. The number of nitrogens with zero attached hydrogens (tertiary/aromatic N) is 2. The summed E-state index contributed by atoms with van der Waals surface area (Å²) in [7, 11) is 1.62. The van der Waals surface area contributed by atoms with Crippen LogP contribution in [0.25, 0.3) is 10.8 Å². The van der Waals surface area contributed by atoms with Gasteiger partial charge < -0.3 is 5.32 Å². The van der Waals surface area contributed by atoms with Gasteiger partial charge in [0.1, 0.15) is 0 Å². The maximum Gasteiger partial charge on any atom is 0.274 e. The molecule has 1 aromatic heterocycles. The summed E-state index contributed by atoms with van der Waals surface area (Å²) in [5, 5.41) is 8.56. The van der Waals surface area contributed by atoms with Gasteiger partial charge in [0.25, 0.3) is 5.56 Å². The number of hydrogen-bond acceptors (Lipinski definition) is 4. The molecule has 0 aliphatic rings. The van der Waals surface area contributed by atoms with Gasteiger partial charge in [-0.25, -0.2) is 4.68 Å². The molecule has 0 aliphatic heterocycles. The molecule has 3 rings (SSSR count). The van der Waals surface area contributed by atoms with E-state index in [1.165, 1.54) is 10.2 Å². The second kappa shape index (κ2) is 7.98. The molecule has 2 aromatic carbocycles. The molecule has 0 unspecified atom stereocenters. The number of aryl methyl sites for hydroxylation is 1. The minimum absolute atomic E-state index is 0.0411. The molecule has 0 fully saturated rings. The average molecular weight is 353 g/mol. The third-order valence-electron chi connectivity index (χ3n) is 3.83. The van der Waals surface area contributed by atoms with Crippen LogP contribution in [0.5, 0.6) is 0 Å². The van der Waals surface area contributed by atoms with E-state index in [9.17, 15) is 9.59 Å². The van der Waals surface area contributed by atoms with Crippen molar-refractivity contribution < 1.29 is 4.79 Å². The zero-order valence-electron chi connectivity index (χ0n) is 13.9. The lowest BCUT2D eigenvalue weighted by Gasteiger charge is -2.09. The van der Waals surface area contributed by atoms with Gasteiger partial charge in [0.15, 0.2) is 0 Å². The topological polar surface area (TPSA) is 64.0 Å². The van der Waals surface area contributed by atoms with Crippen molar-refractivity contribution >= 4 is 28.4 Å². The lowest BCUT2D eigenvalue weighted by Crippen LogP contribution is -2.28. The second-order valence-corrected chi connectivity index (χ2v) is 6.66. The molecular formula is C19H19N3O2S. The fourth-order valence-corrected chi connectivity index (χ4v) is 3.39. The van der Waals surface area contributed by atoms with Crippen molar-refractivity contribution in [2.75, 3.05) is 5.75 Å². The van der Waals surface area contributed by atoms with E-state index < -0.39 is 0 Å². The Morgan fingerprint density at radius 2 is 1.76 bits per heavy atom. The molecule has 128 valence electrons. The number of amides is 1. The first kappa shape index (κ1) is 17.2. The molecule has 6 heteroatoms. The van der Waals surface area contributed by atoms with E-state index in [4.69, 9.17) is 0 Å². The zero-order chi connectivity index (χ0) is 17.6. The number of benzene rings is 2. The predicted octanol–water partition coefficient (Wildman–Crippen LogP) is 2.48. The first-order valence-electron chi connectivity index (χ1n) is 7.98. The molecule has 1 amide bonds. The van der Waals surface area contributed by atoms with E-state index >= 15 is 0 Å². The molecule has 3 aromatic rings. The maximum absolute atomic E-state index is 12.1. The second-order valence-electron chi connectivity index (χ2n) is 5.68. The summed E-state index contributed by atoms with van der Waals surface area (Å²) in [6.07, 6.45) is 0. The Balaban J connectivity index is 1.60. The van der Waals surface area contributed by atoms with Crippen LogP contribution in [0, 0.1) is 0 Å². The number of hydrogen-bond donors (Lipinski definition) is 1. The third-order valence-corrected chi connectivity index (χ3v) is 4.83. The first-order valence-corrected chi connectivity index (χ1v) is 9.14. The molecule has 0 aliphatic carbocycles. The summed E-state index contributed by atoms with van der Waals surface area (Å²) in [6, 6.07) is 17.4. The van der Waals surface area contributed by atoms with Gasteiger partial charge in [-0.1, -0.05) is 48.5 Å². The highest BCUT2D eigenvalue weighted by atomic mass is 32.2. The van der Waals surface area contributed by atoms with Crippen LogP contribution in [0.1, 0.15) is 11.3 Å². The molecule has 0 spiro atoms. The Hall–Kier alpha value is -2.60. The fourth-order valence-electron chi connectivity index (χ4n) is 2.58. The zero-order valence-corrected chi connectivity index (χ0v) is 14.8. The molecule has 25 heavy (non-hydrogen) atoms. The molecule has 1 heterocycles. The van der Waals surface area contributed by atoms with Gasteiger partial charge in [-0.3, -0.25) is 9.59 Å². The van der Waals surface area contributed by atoms with Crippen molar-refractivity contribution in [1.29, 1.82) is 0 Å². The molecule has 0 radical (unpaired) electrons. The number of thioether (sulfide) groups is 1. The quantitative estimate of drug-likeness (QED) is 0.739. The Morgan fingerprint density at radius 1 is 1.08 bits per heavy atom. The summed E-state index contributed by atoms with van der Waals surface area (Å²) in [4.78, 5) is 24.2. The van der Waals surface area contributed by atoms with Crippen LogP contribution in [-0.4, -0.2) is 21.4 Å². The van der Waals surface area contributed by atoms with Crippen LogP contribution < -0.4 is 10.9 Å². The minimum atomic E-state index is -0.135. The van der Waals surface area contributed by atoms with Gasteiger partial charge in [-0.05, 0) is 11.6 Å². The van der Waals surface area contributed by atoms with E-state index in [2.05, 4.69) is 10.4 Å². The third kappa shape index (κ3) is 4.28. The summed E-state index contributed by atoms with van der Waals surface area (Å²) >= 11 is 1.57. The number of carbonyl (C=O) groups excluding carboxylic acids is 1. The van der Waals surface area contributed by atoms with Crippen molar-refractivity contribution in [2.24, 2.45) is 7.05 Å². The number of carbonyl (C=O) groups is 1. The Morgan fingerprint density at radius 3 is 2.52 bits per heavy atom. The van der Waals surface area contributed by atoms with Crippen LogP contribution in [0.4, 0.5) is 0 Å². The molecule has 0 bridgehead atoms. The van der Waals surface area contributed by atoms with E-state index in [1.807, 2.05) is 48.5 Å². The molecular weight excluding hydrogens is 334 g/mol.